The molecule has 5 nitrogen and oxygen atoms in total. The van der Waals surface area contributed by atoms with E-state index in [1.54, 1.807) is 30.6 Å². The van der Waals surface area contributed by atoms with Crippen LogP contribution in [0.5, 0.6) is 5.75 Å². The molecule has 1 aliphatic rings. The van der Waals surface area contributed by atoms with Crippen LogP contribution in [0.15, 0.2) is 47.1 Å². The van der Waals surface area contributed by atoms with Crippen molar-refractivity contribution in [3.8, 4) is 5.75 Å². The Bertz CT molecular complexity index is 806. The van der Waals surface area contributed by atoms with Crippen LogP contribution >= 0.6 is 11.3 Å². The maximum atomic E-state index is 12.1. The van der Waals surface area contributed by atoms with Gasteiger partial charge in [0.15, 0.2) is 5.70 Å². The highest BCUT2D eigenvalue weighted by atomic mass is 32.1. The predicted molar refractivity (Wildman–Crippen MR) is 92.2 cm³/mol. The lowest BCUT2D eigenvalue weighted by atomic mass is 10.2. The summed E-state index contributed by atoms with van der Waals surface area (Å²) in [6.07, 6.45) is 1.74. The van der Waals surface area contributed by atoms with Crippen LogP contribution in [0.3, 0.4) is 0 Å². The van der Waals surface area contributed by atoms with Crippen molar-refractivity contribution in [3.63, 3.8) is 0 Å². The van der Waals surface area contributed by atoms with E-state index in [9.17, 15) is 4.79 Å². The van der Waals surface area contributed by atoms with Crippen molar-refractivity contribution in [3.05, 3.63) is 52.5 Å². The lowest BCUT2D eigenvalue weighted by molar-refractivity contribution is -0.129. The van der Waals surface area contributed by atoms with Gasteiger partial charge in [0.25, 0.3) is 0 Å². The van der Waals surface area contributed by atoms with Gasteiger partial charge in [-0.15, -0.1) is 11.3 Å². The fourth-order valence-electron chi connectivity index (χ4n) is 2.14. The van der Waals surface area contributed by atoms with Crippen LogP contribution in [0, 0.1) is 0 Å². The molecule has 1 aromatic carbocycles. The summed E-state index contributed by atoms with van der Waals surface area (Å²) in [4.78, 5) is 19.3. The number of cyclic esters (lactones) is 1. The molecule has 0 saturated carbocycles. The lowest BCUT2D eigenvalue weighted by Gasteiger charge is -2.06. The maximum absolute atomic E-state index is 12.1. The lowest BCUT2D eigenvalue weighted by Crippen LogP contribution is -2.06. The molecule has 0 atom stereocenters. The van der Waals surface area contributed by atoms with Gasteiger partial charge in [-0.1, -0.05) is 12.1 Å². The third-order valence-corrected chi connectivity index (χ3v) is 4.49. The normalized spacial score (nSPS) is 15.5. The van der Waals surface area contributed by atoms with Crippen molar-refractivity contribution in [1.29, 1.82) is 0 Å². The number of hydrogen-bond acceptors (Lipinski definition) is 6. The van der Waals surface area contributed by atoms with Crippen LogP contribution in [0.25, 0.3) is 6.08 Å². The number of aliphatic imine (C=N–C) groups is 1. The van der Waals surface area contributed by atoms with E-state index in [2.05, 4.69) is 4.99 Å². The monoisotopic (exact) mass is 328 g/mol. The number of rotatable bonds is 4. The molecule has 0 spiro atoms. The van der Waals surface area contributed by atoms with Crippen molar-refractivity contribution < 1.29 is 14.3 Å². The van der Waals surface area contributed by atoms with Gasteiger partial charge in [-0.2, -0.15) is 0 Å². The highest BCUT2D eigenvalue weighted by Crippen LogP contribution is 2.29. The van der Waals surface area contributed by atoms with E-state index in [1.165, 1.54) is 0 Å². The van der Waals surface area contributed by atoms with Gasteiger partial charge in [-0.25, -0.2) is 9.79 Å². The Morgan fingerprint density at radius 3 is 2.70 bits per heavy atom. The molecule has 2 aromatic rings. The number of anilines is 1. The second-order valence-electron chi connectivity index (χ2n) is 5.11. The Kier molecular flexibility index (Phi) is 4.16. The molecule has 0 bridgehead atoms. The molecule has 118 valence electrons. The summed E-state index contributed by atoms with van der Waals surface area (Å²) in [5.74, 6) is 0.431. The zero-order valence-electron chi connectivity index (χ0n) is 13.1. The highest BCUT2D eigenvalue weighted by molar-refractivity contribution is 7.16. The molecule has 1 aromatic heterocycles. The molecule has 1 aliphatic heterocycles. The number of hydrogen-bond donors (Lipinski definition) is 0. The zero-order valence-corrected chi connectivity index (χ0v) is 13.9. The number of esters is 1. The smallest absolute Gasteiger partial charge is 0.363 e. The molecule has 0 N–H and O–H groups in total. The molecular formula is C17H16N2O3S. The van der Waals surface area contributed by atoms with Crippen LogP contribution < -0.4 is 9.64 Å². The molecule has 2 heterocycles. The van der Waals surface area contributed by atoms with E-state index in [0.717, 1.165) is 9.88 Å². The van der Waals surface area contributed by atoms with E-state index in [0.29, 0.717) is 11.3 Å². The second kappa shape index (κ2) is 6.26. The van der Waals surface area contributed by atoms with Crippen LogP contribution in [-0.2, 0) is 9.53 Å². The molecule has 0 aliphatic carbocycles. The Labute approximate surface area is 138 Å². The number of thiophene rings is 1. The summed E-state index contributed by atoms with van der Waals surface area (Å²) in [7, 11) is 5.52. The fourth-order valence-corrected chi connectivity index (χ4v) is 3.01. The van der Waals surface area contributed by atoms with Crippen LogP contribution in [0.1, 0.15) is 10.4 Å². The average Bonchev–Trinajstić information content (AvgIpc) is 3.15. The number of carbonyl (C=O) groups excluding carboxylic acids is 1. The number of ether oxygens (including phenoxy) is 2. The number of benzene rings is 1. The minimum absolute atomic E-state index is 0.267. The van der Waals surface area contributed by atoms with E-state index in [-0.39, 0.29) is 11.6 Å². The standard InChI is InChI=1S/C17H16N2O3S/c1-19(2)15-9-8-11(23-15)10-13-17(20)22-16(18-13)12-6-4-5-7-14(12)21-3/h4-10H,1-3H3/b13-10+. The minimum Gasteiger partial charge on any atom is -0.496 e. The van der Waals surface area contributed by atoms with Crippen LogP contribution in [-0.4, -0.2) is 33.1 Å². The molecule has 0 amide bonds. The molecule has 0 unspecified atom stereocenters. The Morgan fingerprint density at radius 1 is 1.22 bits per heavy atom. The van der Waals surface area contributed by atoms with Gasteiger partial charge in [0, 0.05) is 19.0 Å². The summed E-state index contributed by atoms with van der Waals surface area (Å²) in [5.41, 5.74) is 0.949. The predicted octanol–water partition coefficient (Wildman–Crippen LogP) is 3.17. The first kappa shape index (κ1) is 15.3. The number of methoxy groups -OCH3 is 1. The van der Waals surface area contributed by atoms with Crippen molar-refractivity contribution in [1.82, 2.24) is 0 Å². The maximum Gasteiger partial charge on any atom is 0.363 e. The van der Waals surface area contributed by atoms with E-state index in [4.69, 9.17) is 9.47 Å². The molecule has 0 radical (unpaired) electrons. The molecule has 6 heteroatoms. The van der Waals surface area contributed by atoms with Crippen molar-refractivity contribution >= 4 is 34.3 Å². The SMILES string of the molecule is COc1ccccc1C1=N/C(=C/c2ccc(N(C)C)s2)C(=O)O1. The Morgan fingerprint density at radius 2 is 2.00 bits per heavy atom. The Balaban J connectivity index is 1.93. The topological polar surface area (TPSA) is 51.1 Å². The first-order valence-corrected chi connectivity index (χ1v) is 7.83. The third-order valence-electron chi connectivity index (χ3n) is 3.29. The molecule has 0 saturated heterocycles. The highest BCUT2D eigenvalue weighted by Gasteiger charge is 2.26. The third kappa shape index (κ3) is 3.12. The van der Waals surface area contributed by atoms with Gasteiger partial charge in [-0.3, -0.25) is 0 Å². The largest absolute Gasteiger partial charge is 0.496 e. The number of carbonyl (C=O) groups is 1. The molecule has 0 fully saturated rings. The minimum atomic E-state index is -0.453. The van der Waals surface area contributed by atoms with Gasteiger partial charge in [0.1, 0.15) is 5.75 Å². The van der Waals surface area contributed by atoms with Gasteiger partial charge < -0.3 is 14.4 Å². The molecular weight excluding hydrogens is 312 g/mol. The first-order valence-electron chi connectivity index (χ1n) is 7.01. The number of para-hydroxylation sites is 1. The van der Waals surface area contributed by atoms with Crippen molar-refractivity contribution in [2.45, 2.75) is 0 Å². The van der Waals surface area contributed by atoms with Gasteiger partial charge >= 0.3 is 5.97 Å². The summed E-state index contributed by atoms with van der Waals surface area (Å²) in [6, 6.07) is 11.3. The average molecular weight is 328 g/mol. The van der Waals surface area contributed by atoms with Gasteiger partial charge in [0.05, 0.1) is 17.7 Å². The quantitative estimate of drug-likeness (QED) is 0.639. The van der Waals surface area contributed by atoms with Crippen LogP contribution in [0.2, 0.25) is 0 Å². The summed E-state index contributed by atoms with van der Waals surface area (Å²) < 4.78 is 10.6. The van der Waals surface area contributed by atoms with E-state index < -0.39 is 5.97 Å². The zero-order chi connectivity index (χ0) is 16.4. The second-order valence-corrected chi connectivity index (χ2v) is 6.20. The Hall–Kier alpha value is -2.60. The van der Waals surface area contributed by atoms with Crippen molar-refractivity contribution in [2.75, 3.05) is 26.1 Å². The van der Waals surface area contributed by atoms with Gasteiger partial charge in [0.2, 0.25) is 5.90 Å². The number of nitrogens with zero attached hydrogens (tertiary/aromatic N) is 2. The molecule has 23 heavy (non-hydrogen) atoms. The summed E-state index contributed by atoms with van der Waals surface area (Å²) in [6.45, 7) is 0. The van der Waals surface area contributed by atoms with Crippen molar-refractivity contribution in [2.24, 2.45) is 4.99 Å². The van der Waals surface area contributed by atoms with E-state index in [1.807, 2.05) is 49.3 Å². The summed E-state index contributed by atoms with van der Waals surface area (Å²) in [5, 5.41) is 1.11. The van der Waals surface area contributed by atoms with Gasteiger partial charge in [-0.05, 0) is 30.3 Å². The first-order chi connectivity index (χ1) is 11.1. The van der Waals surface area contributed by atoms with Crippen LogP contribution in [0.4, 0.5) is 5.00 Å². The summed E-state index contributed by atoms with van der Waals surface area (Å²) >= 11 is 1.58. The van der Waals surface area contributed by atoms with E-state index >= 15 is 0 Å². The molecule has 3 rings (SSSR count). The fraction of sp³-hybridized carbons (Fsp3) is 0.176.